The monoisotopic (exact) mass is 333 g/mol. The van der Waals surface area contributed by atoms with Gasteiger partial charge in [0.15, 0.2) is 0 Å². The molecule has 1 fully saturated rings. The highest BCUT2D eigenvalue weighted by Crippen LogP contribution is 2.35. The molecule has 1 heterocycles. The van der Waals surface area contributed by atoms with E-state index in [1.165, 1.54) is 6.07 Å². The van der Waals surface area contributed by atoms with Crippen LogP contribution >= 0.6 is 46.1 Å². The molecular weight excluding hydrogens is 325 g/mol. The van der Waals surface area contributed by atoms with Gasteiger partial charge < -0.3 is 0 Å². The minimum atomic E-state index is -3.63. The second-order valence-corrected chi connectivity index (χ2v) is 8.39. The maximum atomic E-state index is 12.1. The Morgan fingerprint density at radius 1 is 1.35 bits per heavy atom. The van der Waals surface area contributed by atoms with Crippen LogP contribution in [0.3, 0.4) is 0 Å². The fraction of sp³-hybridized carbons (Fsp3) is 0.556. The van der Waals surface area contributed by atoms with E-state index in [9.17, 15) is 8.42 Å². The van der Waals surface area contributed by atoms with Crippen LogP contribution in [0, 0.1) is 0 Å². The predicted molar refractivity (Wildman–Crippen MR) is 71.9 cm³/mol. The van der Waals surface area contributed by atoms with Crippen LogP contribution in [0.2, 0.25) is 8.67 Å². The van der Waals surface area contributed by atoms with Crippen molar-refractivity contribution in [2.24, 2.45) is 0 Å². The third kappa shape index (κ3) is 3.08. The Morgan fingerprint density at radius 2 is 2.06 bits per heavy atom. The summed E-state index contributed by atoms with van der Waals surface area (Å²) in [4.78, 5) is 0.0323. The lowest BCUT2D eigenvalue weighted by Crippen LogP contribution is -2.37. The Labute approximate surface area is 119 Å². The molecule has 2 atom stereocenters. The van der Waals surface area contributed by atoms with Crippen molar-refractivity contribution in [1.82, 2.24) is 4.72 Å². The zero-order chi connectivity index (χ0) is 12.6. The quantitative estimate of drug-likeness (QED) is 0.860. The summed E-state index contributed by atoms with van der Waals surface area (Å²) in [5.41, 5.74) is 0. The number of halogens is 3. The first-order chi connectivity index (χ1) is 7.90. The van der Waals surface area contributed by atoms with Crippen LogP contribution in [-0.2, 0) is 10.0 Å². The van der Waals surface area contributed by atoms with Gasteiger partial charge in [-0.15, -0.1) is 22.9 Å². The van der Waals surface area contributed by atoms with Gasteiger partial charge in [0.25, 0.3) is 0 Å². The molecule has 0 bridgehead atoms. The van der Waals surface area contributed by atoms with Crippen molar-refractivity contribution >= 4 is 56.2 Å². The Kier molecular flexibility index (Phi) is 4.28. The standard InChI is InChI=1S/C9H10Cl3NO2S2/c10-5-2-1-3-6(5)13-17(14,15)7-4-8(11)16-9(7)12/h4-6,13H,1-3H2. The summed E-state index contributed by atoms with van der Waals surface area (Å²) in [6.07, 6.45) is 2.51. The first kappa shape index (κ1) is 13.9. The van der Waals surface area contributed by atoms with Crippen LogP contribution in [0.4, 0.5) is 0 Å². The zero-order valence-corrected chi connectivity index (χ0v) is 12.5. The van der Waals surface area contributed by atoms with E-state index in [4.69, 9.17) is 34.8 Å². The van der Waals surface area contributed by atoms with E-state index in [0.29, 0.717) is 4.34 Å². The molecule has 0 aromatic carbocycles. The summed E-state index contributed by atoms with van der Waals surface area (Å²) in [6, 6.07) is 1.13. The van der Waals surface area contributed by atoms with Gasteiger partial charge in [-0.25, -0.2) is 13.1 Å². The molecule has 96 valence electrons. The zero-order valence-electron chi connectivity index (χ0n) is 8.62. The fourth-order valence-corrected chi connectivity index (χ4v) is 5.70. The molecule has 1 aromatic heterocycles. The molecule has 17 heavy (non-hydrogen) atoms. The molecular formula is C9H10Cl3NO2S2. The molecule has 1 aliphatic rings. The van der Waals surface area contributed by atoms with Gasteiger partial charge in [0.2, 0.25) is 10.0 Å². The number of sulfonamides is 1. The Balaban J connectivity index is 2.22. The first-order valence-corrected chi connectivity index (χ1v) is 8.50. The van der Waals surface area contributed by atoms with Gasteiger partial charge in [0.05, 0.1) is 4.34 Å². The largest absolute Gasteiger partial charge is 0.243 e. The normalized spacial score (nSPS) is 25.4. The van der Waals surface area contributed by atoms with Crippen LogP contribution in [-0.4, -0.2) is 19.8 Å². The van der Waals surface area contributed by atoms with Gasteiger partial charge in [0, 0.05) is 11.4 Å². The van der Waals surface area contributed by atoms with Crippen LogP contribution < -0.4 is 4.72 Å². The lowest BCUT2D eigenvalue weighted by molar-refractivity contribution is 0.554. The molecule has 2 unspecified atom stereocenters. The summed E-state index contributed by atoms with van der Waals surface area (Å²) in [6.45, 7) is 0. The second-order valence-electron chi connectivity index (χ2n) is 3.86. The first-order valence-electron chi connectivity index (χ1n) is 5.01. The summed E-state index contributed by atoms with van der Waals surface area (Å²) in [5, 5.41) is -0.155. The molecule has 1 saturated carbocycles. The van der Waals surface area contributed by atoms with Gasteiger partial charge >= 0.3 is 0 Å². The fourth-order valence-electron chi connectivity index (χ4n) is 1.82. The van der Waals surface area contributed by atoms with Gasteiger partial charge in [-0.1, -0.05) is 29.6 Å². The van der Waals surface area contributed by atoms with Gasteiger partial charge in [-0.05, 0) is 18.9 Å². The molecule has 3 nitrogen and oxygen atoms in total. The van der Waals surface area contributed by atoms with Gasteiger partial charge in [-0.2, -0.15) is 0 Å². The smallest absolute Gasteiger partial charge is 0.207 e. The molecule has 2 rings (SSSR count). The maximum Gasteiger partial charge on any atom is 0.243 e. The molecule has 0 aliphatic heterocycles. The van der Waals surface area contributed by atoms with Crippen molar-refractivity contribution in [3.63, 3.8) is 0 Å². The number of nitrogens with one attached hydrogen (secondary N) is 1. The molecule has 0 amide bonds. The maximum absolute atomic E-state index is 12.1. The van der Waals surface area contributed by atoms with E-state index < -0.39 is 10.0 Å². The number of thiophene rings is 1. The van der Waals surface area contributed by atoms with E-state index in [-0.39, 0.29) is 20.7 Å². The predicted octanol–water partition coefficient (Wildman–Crippen LogP) is 3.49. The van der Waals surface area contributed by atoms with E-state index in [0.717, 1.165) is 30.6 Å². The van der Waals surface area contributed by atoms with Crippen molar-refractivity contribution in [3.8, 4) is 0 Å². The molecule has 1 N–H and O–H groups in total. The van der Waals surface area contributed by atoms with Crippen molar-refractivity contribution in [1.29, 1.82) is 0 Å². The number of hydrogen-bond donors (Lipinski definition) is 1. The van der Waals surface area contributed by atoms with Crippen molar-refractivity contribution in [2.75, 3.05) is 0 Å². The van der Waals surface area contributed by atoms with Crippen LogP contribution in [0.1, 0.15) is 19.3 Å². The Hall–Kier alpha value is 0.480. The SMILES string of the molecule is O=S(=O)(NC1CCCC1Cl)c1cc(Cl)sc1Cl. The van der Waals surface area contributed by atoms with Crippen molar-refractivity contribution in [3.05, 3.63) is 14.7 Å². The van der Waals surface area contributed by atoms with E-state index in [1.807, 2.05) is 0 Å². The van der Waals surface area contributed by atoms with Gasteiger partial charge in [0.1, 0.15) is 9.23 Å². The third-order valence-electron chi connectivity index (χ3n) is 2.65. The number of hydrogen-bond acceptors (Lipinski definition) is 3. The van der Waals surface area contributed by atoms with Crippen LogP contribution in [0.5, 0.6) is 0 Å². The van der Waals surface area contributed by atoms with Crippen molar-refractivity contribution < 1.29 is 8.42 Å². The summed E-state index contributed by atoms with van der Waals surface area (Å²) < 4.78 is 27.2. The average Bonchev–Trinajstić information content (AvgIpc) is 2.74. The highest BCUT2D eigenvalue weighted by molar-refractivity contribution is 7.89. The molecule has 0 radical (unpaired) electrons. The summed E-state index contributed by atoms with van der Waals surface area (Å²) in [7, 11) is -3.63. The van der Waals surface area contributed by atoms with E-state index >= 15 is 0 Å². The topological polar surface area (TPSA) is 46.2 Å². The molecule has 1 aliphatic carbocycles. The summed E-state index contributed by atoms with van der Waals surface area (Å²) >= 11 is 18.6. The molecule has 0 saturated heterocycles. The Bertz CT molecular complexity index is 514. The highest BCUT2D eigenvalue weighted by atomic mass is 35.5. The lowest BCUT2D eigenvalue weighted by atomic mass is 10.3. The van der Waals surface area contributed by atoms with E-state index in [2.05, 4.69) is 4.72 Å². The molecule has 0 spiro atoms. The lowest BCUT2D eigenvalue weighted by Gasteiger charge is -2.15. The number of alkyl halides is 1. The third-order valence-corrected chi connectivity index (χ3v) is 6.42. The number of rotatable bonds is 3. The molecule has 1 aromatic rings. The Morgan fingerprint density at radius 3 is 2.53 bits per heavy atom. The minimum Gasteiger partial charge on any atom is -0.207 e. The molecule has 8 heteroatoms. The summed E-state index contributed by atoms with van der Waals surface area (Å²) in [5.74, 6) is 0. The van der Waals surface area contributed by atoms with E-state index in [1.54, 1.807) is 0 Å². The second kappa shape index (κ2) is 5.23. The highest BCUT2D eigenvalue weighted by Gasteiger charge is 2.31. The minimum absolute atomic E-state index is 0.0323. The van der Waals surface area contributed by atoms with Crippen LogP contribution in [0.25, 0.3) is 0 Å². The van der Waals surface area contributed by atoms with Gasteiger partial charge in [-0.3, -0.25) is 0 Å². The average molecular weight is 335 g/mol. The van der Waals surface area contributed by atoms with Crippen molar-refractivity contribution in [2.45, 2.75) is 35.6 Å². The van der Waals surface area contributed by atoms with Crippen LogP contribution in [0.15, 0.2) is 11.0 Å².